The molecule has 2 heterocycles. The van der Waals surface area contributed by atoms with Crippen LogP contribution in [0.3, 0.4) is 0 Å². The molecule has 0 saturated heterocycles. The summed E-state index contributed by atoms with van der Waals surface area (Å²) in [6.45, 7) is 1.87. The minimum Gasteiger partial charge on any atom is -0.497 e. The van der Waals surface area contributed by atoms with Gasteiger partial charge in [0.15, 0.2) is 0 Å². The Balaban J connectivity index is 2.08. The molecule has 0 bridgehead atoms. The highest BCUT2D eigenvalue weighted by Gasteiger charge is 2.24. The third-order valence-corrected chi connectivity index (χ3v) is 3.03. The number of hydrogen-bond acceptors (Lipinski definition) is 3. The number of carbonyl (C=O) groups excluding carboxylic acids is 1. The third-order valence-electron chi connectivity index (χ3n) is 3.03. The number of amides is 1. The number of hydrogen-bond donors (Lipinski definition) is 2. The quantitative estimate of drug-likeness (QED) is 0.808. The zero-order chi connectivity index (χ0) is 13.4. The van der Waals surface area contributed by atoms with E-state index in [-0.39, 0.29) is 5.91 Å². The molecule has 1 aromatic carbocycles. The van der Waals surface area contributed by atoms with E-state index in [4.69, 9.17) is 4.74 Å². The Kier molecular flexibility index (Phi) is 2.59. The van der Waals surface area contributed by atoms with Crippen LogP contribution < -0.4 is 10.1 Å². The lowest BCUT2D eigenvalue weighted by Crippen LogP contribution is -2.03. The molecular formula is C14H13N3O2. The van der Waals surface area contributed by atoms with Gasteiger partial charge in [-0.3, -0.25) is 4.79 Å². The molecule has 0 atom stereocenters. The van der Waals surface area contributed by atoms with E-state index in [2.05, 4.69) is 15.3 Å². The highest BCUT2D eigenvalue weighted by Crippen LogP contribution is 2.35. The van der Waals surface area contributed by atoms with Crippen LogP contribution in [0.25, 0.3) is 11.6 Å². The Morgan fingerprint density at radius 3 is 2.89 bits per heavy atom. The van der Waals surface area contributed by atoms with E-state index in [1.807, 2.05) is 25.1 Å². The normalized spacial score (nSPS) is 15.5. The zero-order valence-electron chi connectivity index (χ0n) is 10.7. The van der Waals surface area contributed by atoms with E-state index < -0.39 is 0 Å². The predicted octanol–water partition coefficient (Wildman–Crippen LogP) is 2.22. The molecule has 2 N–H and O–H groups in total. The number of imidazole rings is 1. The maximum absolute atomic E-state index is 12.0. The van der Waals surface area contributed by atoms with Crippen molar-refractivity contribution < 1.29 is 9.53 Å². The highest BCUT2D eigenvalue weighted by atomic mass is 16.5. The SMILES string of the molecule is COc1ccc2c(c1)/C(=C/c1cnc(C)[nH]1)C(=O)N2. The van der Waals surface area contributed by atoms with Gasteiger partial charge in [-0.15, -0.1) is 0 Å². The van der Waals surface area contributed by atoms with Crippen molar-refractivity contribution in [1.82, 2.24) is 9.97 Å². The van der Waals surface area contributed by atoms with Gasteiger partial charge in [-0.2, -0.15) is 0 Å². The van der Waals surface area contributed by atoms with Crippen LogP contribution in [-0.4, -0.2) is 23.0 Å². The van der Waals surface area contributed by atoms with Crippen LogP contribution in [0.4, 0.5) is 5.69 Å². The first-order valence-corrected chi connectivity index (χ1v) is 5.90. The summed E-state index contributed by atoms with van der Waals surface area (Å²) in [5.41, 5.74) is 3.06. The lowest BCUT2D eigenvalue weighted by atomic mass is 10.1. The Bertz CT molecular complexity index is 686. The number of aromatic amines is 1. The average molecular weight is 255 g/mol. The van der Waals surface area contributed by atoms with Gasteiger partial charge in [-0.05, 0) is 31.2 Å². The predicted molar refractivity (Wildman–Crippen MR) is 72.8 cm³/mol. The molecule has 2 aromatic rings. The molecule has 1 amide bonds. The van der Waals surface area contributed by atoms with Crippen molar-refractivity contribution in [2.45, 2.75) is 6.92 Å². The fourth-order valence-electron chi connectivity index (χ4n) is 2.11. The maximum atomic E-state index is 12.0. The van der Waals surface area contributed by atoms with Crippen LogP contribution in [0.1, 0.15) is 17.1 Å². The number of aryl methyl sites for hydroxylation is 1. The third kappa shape index (κ3) is 1.99. The first-order chi connectivity index (χ1) is 9.17. The second kappa shape index (κ2) is 4.28. The number of methoxy groups -OCH3 is 1. The Morgan fingerprint density at radius 2 is 2.21 bits per heavy atom. The number of rotatable bonds is 2. The summed E-state index contributed by atoms with van der Waals surface area (Å²) in [7, 11) is 1.60. The van der Waals surface area contributed by atoms with E-state index in [1.54, 1.807) is 19.4 Å². The van der Waals surface area contributed by atoms with Gasteiger partial charge in [-0.1, -0.05) is 0 Å². The van der Waals surface area contributed by atoms with Crippen molar-refractivity contribution in [2.24, 2.45) is 0 Å². The maximum Gasteiger partial charge on any atom is 0.256 e. The summed E-state index contributed by atoms with van der Waals surface area (Å²) < 4.78 is 5.19. The van der Waals surface area contributed by atoms with Gasteiger partial charge in [0.05, 0.1) is 24.6 Å². The van der Waals surface area contributed by atoms with E-state index in [9.17, 15) is 4.79 Å². The van der Waals surface area contributed by atoms with Crippen molar-refractivity contribution >= 4 is 23.2 Å². The molecule has 1 aromatic heterocycles. The number of aromatic nitrogens is 2. The molecule has 0 radical (unpaired) electrons. The minimum absolute atomic E-state index is 0.115. The fourth-order valence-corrected chi connectivity index (χ4v) is 2.11. The second-order valence-corrected chi connectivity index (χ2v) is 4.35. The standard InChI is InChI=1S/C14H13N3O2/c1-8-15-7-9(16-8)5-12-11-6-10(19-2)3-4-13(11)17-14(12)18/h3-7H,1-2H3,(H,15,16)(H,17,18)/b12-5-. The molecule has 0 saturated carbocycles. The average Bonchev–Trinajstić information content (AvgIpc) is 2.94. The van der Waals surface area contributed by atoms with Crippen LogP contribution in [0, 0.1) is 6.92 Å². The van der Waals surface area contributed by atoms with Gasteiger partial charge >= 0.3 is 0 Å². The van der Waals surface area contributed by atoms with E-state index in [1.165, 1.54) is 0 Å². The lowest BCUT2D eigenvalue weighted by molar-refractivity contribution is -0.110. The van der Waals surface area contributed by atoms with Gasteiger partial charge < -0.3 is 15.0 Å². The number of benzene rings is 1. The Hall–Kier alpha value is -2.56. The highest BCUT2D eigenvalue weighted by molar-refractivity contribution is 6.34. The number of anilines is 1. The fraction of sp³-hybridized carbons (Fsp3) is 0.143. The summed E-state index contributed by atoms with van der Waals surface area (Å²) in [4.78, 5) is 19.2. The first-order valence-electron chi connectivity index (χ1n) is 5.90. The van der Waals surface area contributed by atoms with Crippen molar-refractivity contribution in [1.29, 1.82) is 0 Å². The van der Waals surface area contributed by atoms with Crippen molar-refractivity contribution in [3.63, 3.8) is 0 Å². The summed E-state index contributed by atoms with van der Waals surface area (Å²) in [6, 6.07) is 5.51. The number of ether oxygens (including phenoxy) is 1. The van der Waals surface area contributed by atoms with Gasteiger partial charge in [0.2, 0.25) is 0 Å². The summed E-state index contributed by atoms with van der Waals surface area (Å²) >= 11 is 0. The Morgan fingerprint density at radius 1 is 1.37 bits per heavy atom. The van der Waals surface area contributed by atoms with Crippen molar-refractivity contribution in [2.75, 3.05) is 12.4 Å². The van der Waals surface area contributed by atoms with Crippen molar-refractivity contribution in [3.05, 3.63) is 41.5 Å². The first kappa shape index (κ1) is 11.5. The van der Waals surface area contributed by atoms with Gasteiger partial charge in [-0.25, -0.2) is 4.98 Å². The molecule has 96 valence electrons. The van der Waals surface area contributed by atoms with E-state index in [0.717, 1.165) is 28.5 Å². The summed E-state index contributed by atoms with van der Waals surface area (Å²) in [5.74, 6) is 1.42. The van der Waals surface area contributed by atoms with Crippen LogP contribution in [0.15, 0.2) is 24.4 Å². The Labute approximate surface area is 110 Å². The van der Waals surface area contributed by atoms with Crippen LogP contribution >= 0.6 is 0 Å². The van der Waals surface area contributed by atoms with E-state index in [0.29, 0.717) is 5.57 Å². The number of nitrogens with zero attached hydrogens (tertiary/aromatic N) is 1. The molecule has 5 heteroatoms. The molecule has 3 rings (SSSR count). The smallest absolute Gasteiger partial charge is 0.256 e. The molecule has 0 fully saturated rings. The second-order valence-electron chi connectivity index (χ2n) is 4.35. The lowest BCUT2D eigenvalue weighted by Gasteiger charge is -2.02. The van der Waals surface area contributed by atoms with Crippen LogP contribution in [-0.2, 0) is 4.79 Å². The molecular weight excluding hydrogens is 242 g/mol. The molecule has 1 aliphatic rings. The number of fused-ring (bicyclic) bond motifs is 1. The van der Waals surface area contributed by atoms with Crippen LogP contribution in [0.5, 0.6) is 5.75 Å². The molecule has 0 aliphatic carbocycles. The van der Waals surface area contributed by atoms with E-state index >= 15 is 0 Å². The monoisotopic (exact) mass is 255 g/mol. The van der Waals surface area contributed by atoms with Crippen molar-refractivity contribution in [3.8, 4) is 5.75 Å². The van der Waals surface area contributed by atoms with Gasteiger partial charge in [0, 0.05) is 11.3 Å². The number of H-pyrrole nitrogens is 1. The molecule has 0 spiro atoms. The summed E-state index contributed by atoms with van der Waals surface area (Å²) in [5, 5.41) is 2.83. The molecule has 0 unspecified atom stereocenters. The molecule has 1 aliphatic heterocycles. The topological polar surface area (TPSA) is 67.0 Å². The van der Waals surface area contributed by atoms with Gasteiger partial charge in [0.25, 0.3) is 5.91 Å². The van der Waals surface area contributed by atoms with Gasteiger partial charge in [0.1, 0.15) is 11.6 Å². The number of carbonyl (C=O) groups is 1. The largest absolute Gasteiger partial charge is 0.497 e. The number of nitrogens with one attached hydrogen (secondary N) is 2. The molecule has 5 nitrogen and oxygen atoms in total. The minimum atomic E-state index is -0.115. The van der Waals surface area contributed by atoms with Crippen LogP contribution in [0.2, 0.25) is 0 Å². The molecule has 19 heavy (non-hydrogen) atoms. The zero-order valence-corrected chi connectivity index (χ0v) is 10.7. The summed E-state index contributed by atoms with van der Waals surface area (Å²) in [6.07, 6.45) is 3.49.